The van der Waals surface area contributed by atoms with Crippen LogP contribution in [0.3, 0.4) is 0 Å². The van der Waals surface area contributed by atoms with Crippen LogP contribution in [0, 0.1) is 12.8 Å². The molecule has 1 N–H and O–H groups in total. The summed E-state index contributed by atoms with van der Waals surface area (Å²) in [6, 6.07) is 5.61. The topological polar surface area (TPSA) is 55.4 Å². The van der Waals surface area contributed by atoms with Gasteiger partial charge in [-0.3, -0.25) is 0 Å². The van der Waals surface area contributed by atoms with E-state index in [0.29, 0.717) is 11.6 Å². The Labute approximate surface area is 138 Å². The van der Waals surface area contributed by atoms with Crippen LogP contribution in [0.15, 0.2) is 18.2 Å². The largest absolute Gasteiger partial charge is 0.493 e. The van der Waals surface area contributed by atoms with Gasteiger partial charge in [-0.15, -0.1) is 0 Å². The lowest BCUT2D eigenvalue weighted by Gasteiger charge is -2.31. The number of hydrogen-bond donors (Lipinski definition) is 1. The third-order valence-corrected chi connectivity index (χ3v) is 6.06. The first-order valence-corrected chi connectivity index (χ1v) is 9.83. The van der Waals surface area contributed by atoms with E-state index in [0.717, 1.165) is 37.0 Å². The molecule has 1 aliphatic rings. The minimum absolute atomic E-state index is 0.0281. The van der Waals surface area contributed by atoms with Crippen LogP contribution < -0.4 is 9.46 Å². The molecule has 4 nitrogen and oxygen atoms in total. The molecule has 0 radical (unpaired) electrons. The molecule has 0 heterocycles. The van der Waals surface area contributed by atoms with E-state index in [1.54, 1.807) is 6.92 Å². The fourth-order valence-corrected chi connectivity index (χ4v) is 3.85. The van der Waals surface area contributed by atoms with E-state index in [1.165, 1.54) is 0 Å². The Morgan fingerprint density at radius 2 is 2.05 bits per heavy atom. The maximum atomic E-state index is 11.8. The van der Waals surface area contributed by atoms with Crippen LogP contribution in [0.25, 0.3) is 0 Å². The number of hydrogen-bond acceptors (Lipinski definition) is 3. The van der Waals surface area contributed by atoms with Crippen molar-refractivity contribution in [1.82, 2.24) is 4.72 Å². The summed E-state index contributed by atoms with van der Waals surface area (Å²) in [5.74, 6) is 1.05. The van der Waals surface area contributed by atoms with Crippen LogP contribution in [-0.4, -0.2) is 26.8 Å². The molecule has 124 valence electrons. The summed E-state index contributed by atoms with van der Waals surface area (Å²) in [5.41, 5.74) is 1.01. The van der Waals surface area contributed by atoms with Crippen LogP contribution in [0.5, 0.6) is 5.75 Å². The zero-order valence-corrected chi connectivity index (χ0v) is 14.7. The summed E-state index contributed by atoms with van der Waals surface area (Å²) in [5, 5.41) is 0.685. The minimum atomic E-state index is -3.17. The highest BCUT2D eigenvalue weighted by Crippen LogP contribution is 2.27. The molecule has 1 aromatic rings. The number of ether oxygens (including phenoxy) is 1. The van der Waals surface area contributed by atoms with Crippen molar-refractivity contribution >= 4 is 21.6 Å². The van der Waals surface area contributed by atoms with Crippen LogP contribution in [0.1, 0.15) is 38.2 Å². The van der Waals surface area contributed by atoms with Crippen LogP contribution in [0.4, 0.5) is 0 Å². The predicted octanol–water partition coefficient (Wildman–Crippen LogP) is 3.53. The van der Waals surface area contributed by atoms with E-state index in [-0.39, 0.29) is 17.7 Å². The van der Waals surface area contributed by atoms with Crippen molar-refractivity contribution < 1.29 is 13.2 Å². The van der Waals surface area contributed by atoms with Gasteiger partial charge in [0.05, 0.1) is 12.4 Å². The molecule has 1 aliphatic carbocycles. The van der Waals surface area contributed by atoms with Gasteiger partial charge in [0.2, 0.25) is 10.0 Å². The summed E-state index contributed by atoms with van der Waals surface area (Å²) >= 11 is 6.10. The second-order valence-electron chi connectivity index (χ2n) is 5.89. The van der Waals surface area contributed by atoms with E-state index in [1.807, 2.05) is 25.1 Å². The molecular formula is C16H24ClNO3S. The van der Waals surface area contributed by atoms with E-state index >= 15 is 0 Å². The van der Waals surface area contributed by atoms with Crippen LogP contribution >= 0.6 is 11.6 Å². The van der Waals surface area contributed by atoms with Crippen LogP contribution in [0.2, 0.25) is 5.02 Å². The van der Waals surface area contributed by atoms with Crippen molar-refractivity contribution in [1.29, 1.82) is 0 Å². The van der Waals surface area contributed by atoms with Gasteiger partial charge in [-0.25, -0.2) is 13.1 Å². The van der Waals surface area contributed by atoms with Gasteiger partial charge in [-0.1, -0.05) is 30.5 Å². The van der Waals surface area contributed by atoms with Gasteiger partial charge >= 0.3 is 0 Å². The summed E-state index contributed by atoms with van der Waals surface area (Å²) in [7, 11) is -3.17. The standard InChI is InChI=1S/C16H24ClNO3S/c1-3-22(19,20)18-16-7-5-4-6-13(16)11-21-14-9-8-12(2)15(17)10-14/h8-10,13,16,18H,3-7,11H2,1-2H3/t13-,16+/m1/s1. The number of rotatable bonds is 6. The molecule has 0 spiro atoms. The lowest BCUT2D eigenvalue weighted by molar-refractivity contribution is 0.180. The molecule has 0 aliphatic heterocycles. The monoisotopic (exact) mass is 345 g/mol. The van der Waals surface area contributed by atoms with Crippen molar-refractivity contribution in [2.75, 3.05) is 12.4 Å². The Hall–Kier alpha value is -0.780. The average Bonchev–Trinajstić information content (AvgIpc) is 2.49. The van der Waals surface area contributed by atoms with E-state index in [9.17, 15) is 8.42 Å². The Morgan fingerprint density at radius 3 is 2.73 bits per heavy atom. The molecule has 0 saturated heterocycles. The van der Waals surface area contributed by atoms with Gasteiger partial charge in [0.15, 0.2) is 0 Å². The van der Waals surface area contributed by atoms with E-state index in [2.05, 4.69) is 4.72 Å². The molecule has 0 amide bonds. The maximum absolute atomic E-state index is 11.8. The Kier molecular flexibility index (Phi) is 6.12. The summed E-state index contributed by atoms with van der Waals surface area (Å²) in [6.45, 7) is 4.12. The molecular weight excluding hydrogens is 322 g/mol. The van der Waals surface area contributed by atoms with Crippen molar-refractivity contribution in [2.24, 2.45) is 5.92 Å². The Morgan fingerprint density at radius 1 is 1.32 bits per heavy atom. The lowest BCUT2D eigenvalue weighted by Crippen LogP contribution is -2.44. The molecule has 0 unspecified atom stereocenters. The third-order valence-electron chi connectivity index (χ3n) is 4.23. The number of sulfonamides is 1. The first-order valence-electron chi connectivity index (χ1n) is 7.80. The maximum Gasteiger partial charge on any atom is 0.211 e. The number of nitrogens with one attached hydrogen (secondary N) is 1. The predicted molar refractivity (Wildman–Crippen MR) is 90.0 cm³/mol. The minimum Gasteiger partial charge on any atom is -0.493 e. The fourth-order valence-electron chi connectivity index (χ4n) is 2.74. The van der Waals surface area contributed by atoms with Gasteiger partial charge in [-0.2, -0.15) is 0 Å². The number of halogens is 1. The smallest absolute Gasteiger partial charge is 0.211 e. The van der Waals surface area contributed by atoms with Crippen molar-refractivity contribution in [3.05, 3.63) is 28.8 Å². The molecule has 0 aromatic heterocycles. The van der Waals surface area contributed by atoms with E-state index < -0.39 is 10.0 Å². The van der Waals surface area contributed by atoms with Crippen molar-refractivity contribution in [2.45, 2.75) is 45.6 Å². The zero-order valence-electron chi connectivity index (χ0n) is 13.1. The van der Waals surface area contributed by atoms with Crippen molar-refractivity contribution in [3.63, 3.8) is 0 Å². The normalized spacial score (nSPS) is 22.5. The Balaban J connectivity index is 1.97. The van der Waals surface area contributed by atoms with Crippen LogP contribution in [-0.2, 0) is 10.0 Å². The SMILES string of the molecule is CCS(=O)(=O)N[C@H]1CCCC[C@@H]1COc1ccc(C)c(Cl)c1. The lowest BCUT2D eigenvalue weighted by atomic mass is 9.86. The molecule has 1 saturated carbocycles. The molecule has 22 heavy (non-hydrogen) atoms. The quantitative estimate of drug-likeness (QED) is 0.858. The summed E-state index contributed by atoms with van der Waals surface area (Å²) < 4.78 is 32.3. The number of benzene rings is 1. The summed E-state index contributed by atoms with van der Waals surface area (Å²) in [4.78, 5) is 0. The second-order valence-corrected chi connectivity index (χ2v) is 8.34. The first kappa shape index (κ1) is 17.6. The first-order chi connectivity index (χ1) is 10.4. The van der Waals surface area contributed by atoms with Gasteiger partial charge in [0, 0.05) is 17.0 Å². The van der Waals surface area contributed by atoms with Gasteiger partial charge in [0.25, 0.3) is 0 Å². The third kappa shape index (κ3) is 4.86. The molecule has 2 atom stereocenters. The highest BCUT2D eigenvalue weighted by molar-refractivity contribution is 7.89. The molecule has 2 rings (SSSR count). The molecule has 0 bridgehead atoms. The zero-order chi connectivity index (χ0) is 16.2. The Bertz CT molecular complexity index is 603. The fraction of sp³-hybridized carbons (Fsp3) is 0.625. The molecule has 1 aromatic carbocycles. The van der Waals surface area contributed by atoms with E-state index in [4.69, 9.17) is 16.3 Å². The second kappa shape index (κ2) is 7.66. The van der Waals surface area contributed by atoms with Gasteiger partial charge in [-0.05, 0) is 44.4 Å². The molecule has 1 fully saturated rings. The molecule has 6 heteroatoms. The van der Waals surface area contributed by atoms with Gasteiger partial charge < -0.3 is 4.74 Å². The highest BCUT2D eigenvalue weighted by atomic mass is 35.5. The summed E-state index contributed by atoms with van der Waals surface area (Å²) in [6.07, 6.45) is 4.04. The average molecular weight is 346 g/mol. The van der Waals surface area contributed by atoms with Crippen molar-refractivity contribution in [3.8, 4) is 5.75 Å². The highest BCUT2D eigenvalue weighted by Gasteiger charge is 2.28. The number of aryl methyl sites for hydroxylation is 1. The van der Waals surface area contributed by atoms with Gasteiger partial charge in [0.1, 0.15) is 5.75 Å².